The van der Waals surface area contributed by atoms with Crippen LogP contribution in [-0.2, 0) is 58.3 Å². The Morgan fingerprint density at radius 1 is 0.600 bits per heavy atom. The second-order valence-electron chi connectivity index (χ2n) is 17.9. The number of ether oxygens (including phenoxy) is 4. The van der Waals surface area contributed by atoms with Gasteiger partial charge >= 0.3 is 12.4 Å². The third-order valence-corrected chi connectivity index (χ3v) is 22.1. The van der Waals surface area contributed by atoms with Gasteiger partial charge < -0.3 is 24.7 Å². The number of halogens is 12. The fraction of sp³-hybridized carbons (Fsp3) is 0.435. The Morgan fingerprint density at radius 3 is 1.37 bits per heavy atom. The summed E-state index contributed by atoms with van der Waals surface area (Å²) in [6.07, 6.45) is -14.0. The van der Waals surface area contributed by atoms with E-state index in [0.29, 0.717) is 0 Å². The summed E-state index contributed by atoms with van der Waals surface area (Å²) in [5.74, 6) is -10.7. The molecule has 0 radical (unpaired) electrons. The Morgan fingerprint density at radius 2 is 0.987 bits per heavy atom. The Bertz CT molecular complexity index is 3280. The summed E-state index contributed by atoms with van der Waals surface area (Å²) in [5.41, 5.74) is 3.89. The lowest BCUT2D eigenvalue weighted by Crippen LogP contribution is -2.57. The van der Waals surface area contributed by atoms with E-state index in [1.54, 1.807) is 0 Å². The van der Waals surface area contributed by atoms with Gasteiger partial charge in [0.05, 0.1) is 63.6 Å². The van der Waals surface area contributed by atoms with Crippen LogP contribution in [0.1, 0.15) is 36.8 Å². The minimum Gasteiger partial charge on any atom is -0.490 e. The van der Waals surface area contributed by atoms with E-state index >= 15 is 8.78 Å². The van der Waals surface area contributed by atoms with Crippen molar-refractivity contribution < 1.29 is 96.5 Å². The zero-order valence-electron chi connectivity index (χ0n) is 38.4. The molecule has 0 spiro atoms. The molecule has 0 amide bonds. The third kappa shape index (κ3) is 11.7. The molecule has 0 aromatic heterocycles. The average Bonchev–Trinajstić information content (AvgIpc) is 3.33. The molecule has 7 atom stereocenters. The van der Waals surface area contributed by atoms with Crippen molar-refractivity contribution in [2.24, 2.45) is 17.6 Å². The van der Waals surface area contributed by atoms with Crippen LogP contribution in [-0.4, -0.2) is 108 Å². The quantitative estimate of drug-likeness (QED) is 0.125. The van der Waals surface area contributed by atoms with Crippen molar-refractivity contribution in [3.8, 4) is 11.5 Å². The summed E-state index contributed by atoms with van der Waals surface area (Å²) in [6.45, 7) is -1.51. The molecule has 13 nitrogen and oxygen atoms in total. The van der Waals surface area contributed by atoms with Crippen LogP contribution >= 0.6 is 23.2 Å². The number of sulfone groups is 4. The Hall–Kier alpha value is -4.22. The van der Waals surface area contributed by atoms with Crippen molar-refractivity contribution in [1.29, 1.82) is 0 Å². The van der Waals surface area contributed by atoms with E-state index in [1.165, 1.54) is 48.5 Å². The fourth-order valence-electron chi connectivity index (χ4n) is 9.95. The number of allylic oxidation sites excluding steroid dienone is 1. The second kappa shape index (κ2) is 21.5. The highest BCUT2D eigenvalue weighted by Gasteiger charge is 2.63. The van der Waals surface area contributed by atoms with Crippen molar-refractivity contribution in [2.45, 2.75) is 75.6 Å². The summed E-state index contributed by atoms with van der Waals surface area (Å²) in [4.78, 5) is -0.479. The molecule has 8 rings (SSSR count). The first kappa shape index (κ1) is 58.5. The minimum absolute atomic E-state index is 0.0231. The van der Waals surface area contributed by atoms with Crippen molar-refractivity contribution in [3.63, 3.8) is 0 Å². The van der Waals surface area contributed by atoms with Gasteiger partial charge in [0.15, 0.2) is 62.5 Å². The summed E-state index contributed by atoms with van der Waals surface area (Å²) in [7, 11) is -17.7. The summed E-state index contributed by atoms with van der Waals surface area (Å²) < 4.78 is 260. The first-order chi connectivity index (χ1) is 34.8. The van der Waals surface area contributed by atoms with Crippen molar-refractivity contribution in [3.05, 3.63) is 129 Å². The molecule has 75 heavy (non-hydrogen) atoms. The molecule has 4 heterocycles. The normalized spacial score (nSPS) is 24.5. The largest absolute Gasteiger partial charge is 0.490 e. The zero-order valence-corrected chi connectivity index (χ0v) is 43.2. The van der Waals surface area contributed by atoms with E-state index in [1.807, 2.05) is 0 Å². The van der Waals surface area contributed by atoms with E-state index in [9.17, 15) is 68.8 Å². The van der Waals surface area contributed by atoms with Gasteiger partial charge in [0.1, 0.15) is 27.2 Å². The number of rotatable bonds is 13. The number of nitrogens with two attached hydrogens (primary N) is 1. The lowest BCUT2D eigenvalue weighted by atomic mass is 9.75. The lowest BCUT2D eigenvalue weighted by Gasteiger charge is -2.50. The van der Waals surface area contributed by atoms with Gasteiger partial charge in [-0.3, -0.25) is 0 Å². The molecule has 4 aromatic carbocycles. The number of hydrogen-bond donors (Lipinski definition) is 1. The van der Waals surface area contributed by atoms with Gasteiger partial charge in [0.25, 0.3) is 0 Å². The molecule has 0 aliphatic carbocycles. The topological polar surface area (TPSA) is 199 Å². The molecule has 412 valence electrons. The first-order valence-corrected chi connectivity index (χ1v) is 29.5. The van der Waals surface area contributed by atoms with Gasteiger partial charge in [-0.25, -0.2) is 51.2 Å². The van der Waals surface area contributed by atoms with E-state index < -0.39 is 187 Å². The molecular formula is C46H43Cl2F10NO12S4. The van der Waals surface area contributed by atoms with Crippen LogP contribution in [0.2, 0.25) is 10.0 Å². The highest BCUT2D eigenvalue weighted by atomic mass is 35.5. The van der Waals surface area contributed by atoms with Crippen LogP contribution in [0.15, 0.2) is 94.1 Å². The van der Waals surface area contributed by atoms with Gasteiger partial charge in [-0.1, -0.05) is 23.2 Å². The molecule has 4 aromatic rings. The van der Waals surface area contributed by atoms with E-state index in [2.05, 4.69) is 0 Å². The zero-order chi connectivity index (χ0) is 55.3. The van der Waals surface area contributed by atoms with Crippen LogP contribution in [0.25, 0.3) is 0 Å². The average molecular weight is 1190 g/mol. The number of benzene rings is 4. The van der Waals surface area contributed by atoms with Gasteiger partial charge in [0.2, 0.25) is 0 Å². The molecule has 2 N–H and O–H groups in total. The highest BCUT2D eigenvalue weighted by molar-refractivity contribution is 7.94. The second-order valence-corrected chi connectivity index (χ2v) is 27.4. The molecule has 4 aliphatic heterocycles. The maximum Gasteiger partial charge on any atom is 0.410 e. The number of fused-ring (bicyclic) bond motifs is 6. The molecule has 0 saturated carbocycles. The van der Waals surface area contributed by atoms with Crippen LogP contribution in [0, 0.1) is 35.1 Å². The standard InChI is InChI=1S/C23H23ClF5NO6S2.C23H20ClF5O6S2/c24-13-1-3-14(4-2-13)38(33,34)22-8-9-35-18(7-10-37(31,32)12-19(30)23(27,28)29)15(22)11-36-21-17(26)6-5-16(25)20(21)22;24-14-1-3-15(4-2-14)37(32,33)22-8-10-34-19(7-11-36(30,31)12-9-23(27,28)29)16(22)13-35-21-18(26)6-5-17(25)20(21)22/h1-6,15,18-19H,7-12,30H2;1-6,9,12,16,19H,7-8,10-11,13H2/t15-,18-,19?,22-;16-,19-,22-/m00/s1. The Labute approximate surface area is 433 Å². The molecule has 2 fully saturated rings. The summed E-state index contributed by atoms with van der Waals surface area (Å²) in [6, 6.07) is 10.7. The van der Waals surface area contributed by atoms with Crippen LogP contribution < -0.4 is 15.2 Å². The molecule has 2 saturated heterocycles. The predicted molar refractivity (Wildman–Crippen MR) is 251 cm³/mol. The maximum absolute atomic E-state index is 15.3. The SMILES string of the molecule is NC(CS(=O)(=O)CC[C@@H]1OCC[C@@]2(S(=O)(=O)c3ccc(Cl)cc3)c3c(F)ccc(F)c3OC[C@@H]12)C(F)(F)F.O=S(=O)(C=CC(F)(F)F)CC[C@@H]1OCC[C@@]2(S(=O)(=O)c3ccc(Cl)cc3)c3c(F)ccc(F)c3OC[C@@H]12. The van der Waals surface area contributed by atoms with E-state index in [-0.39, 0.29) is 51.3 Å². The van der Waals surface area contributed by atoms with Gasteiger partial charge in [-0.15, -0.1) is 0 Å². The van der Waals surface area contributed by atoms with Crippen LogP contribution in [0.3, 0.4) is 0 Å². The summed E-state index contributed by atoms with van der Waals surface area (Å²) in [5, 5.41) is 0.490. The van der Waals surface area contributed by atoms with Crippen molar-refractivity contribution in [1.82, 2.24) is 0 Å². The smallest absolute Gasteiger partial charge is 0.410 e. The fourth-order valence-corrected chi connectivity index (χ4v) is 17.4. The Balaban J connectivity index is 0.000000219. The van der Waals surface area contributed by atoms with Crippen molar-refractivity contribution >= 4 is 62.6 Å². The molecular weight excluding hydrogens is 1150 g/mol. The minimum atomic E-state index is -4.93. The predicted octanol–water partition coefficient (Wildman–Crippen LogP) is 8.75. The highest BCUT2D eigenvalue weighted by Crippen LogP contribution is 2.58. The molecule has 4 aliphatic rings. The molecule has 29 heteroatoms. The molecule has 0 bridgehead atoms. The van der Waals surface area contributed by atoms with E-state index in [4.69, 9.17) is 47.9 Å². The first-order valence-electron chi connectivity index (χ1n) is 22.3. The monoisotopic (exact) mass is 1190 g/mol. The Kier molecular flexibility index (Phi) is 16.8. The maximum atomic E-state index is 15.3. The van der Waals surface area contributed by atoms with E-state index in [0.717, 1.165) is 24.3 Å². The third-order valence-electron chi connectivity index (χ3n) is 13.4. The number of hydrogen-bond acceptors (Lipinski definition) is 13. The number of alkyl halides is 6. The van der Waals surface area contributed by atoms with Crippen molar-refractivity contribution in [2.75, 3.05) is 43.7 Å². The lowest BCUT2D eigenvalue weighted by molar-refractivity contribution is -0.142. The van der Waals surface area contributed by atoms with Gasteiger partial charge in [0, 0.05) is 46.6 Å². The van der Waals surface area contributed by atoms with Gasteiger partial charge in [-0.2, -0.15) is 26.3 Å². The van der Waals surface area contributed by atoms with Gasteiger partial charge in [-0.05, 0) is 98.5 Å². The van der Waals surface area contributed by atoms with Crippen LogP contribution in [0.5, 0.6) is 11.5 Å². The van der Waals surface area contributed by atoms with Crippen LogP contribution in [0.4, 0.5) is 43.9 Å². The summed E-state index contributed by atoms with van der Waals surface area (Å²) >= 11 is 11.8. The molecule has 1 unspecified atom stereocenters.